The molecule has 0 bridgehead atoms. The Labute approximate surface area is 199 Å². The third-order valence-electron chi connectivity index (χ3n) is 5.93. The van der Waals surface area contributed by atoms with E-state index in [9.17, 15) is 18.0 Å². The minimum absolute atomic E-state index is 0.140. The molecule has 9 heteroatoms. The van der Waals surface area contributed by atoms with E-state index < -0.39 is 15.9 Å². The quantitative estimate of drug-likeness (QED) is 0.557. The molecule has 34 heavy (non-hydrogen) atoms. The number of fused-ring (bicyclic) bond motifs is 1. The molecule has 1 amide bonds. The topological polar surface area (TPSA) is 101 Å². The number of carbonyl (C=O) groups is 1. The average molecular weight is 483 g/mol. The molecular formula is C25H30N4O4S. The van der Waals surface area contributed by atoms with Crippen molar-refractivity contribution in [3.8, 4) is 0 Å². The smallest absolute Gasteiger partial charge is 0.274 e. The highest BCUT2D eigenvalue weighted by molar-refractivity contribution is 7.89. The van der Waals surface area contributed by atoms with Crippen molar-refractivity contribution >= 4 is 26.7 Å². The van der Waals surface area contributed by atoms with E-state index in [2.05, 4.69) is 10.4 Å². The molecule has 0 unspecified atom stereocenters. The maximum absolute atomic E-state index is 13.1. The Balaban J connectivity index is 1.57. The minimum atomic E-state index is -3.56. The molecule has 180 valence electrons. The lowest BCUT2D eigenvalue weighted by Crippen LogP contribution is -2.35. The summed E-state index contributed by atoms with van der Waals surface area (Å²) in [6, 6.07) is 13.6. The van der Waals surface area contributed by atoms with Gasteiger partial charge >= 0.3 is 0 Å². The van der Waals surface area contributed by atoms with Crippen molar-refractivity contribution in [1.82, 2.24) is 19.4 Å². The molecular weight excluding hydrogens is 452 g/mol. The molecule has 0 radical (unpaired) electrons. The Hall–Kier alpha value is -3.04. The van der Waals surface area contributed by atoms with Crippen LogP contribution < -0.4 is 10.9 Å². The molecule has 1 fully saturated rings. The summed E-state index contributed by atoms with van der Waals surface area (Å²) in [4.78, 5) is 26.1. The van der Waals surface area contributed by atoms with Gasteiger partial charge in [0.25, 0.3) is 11.5 Å². The van der Waals surface area contributed by atoms with Crippen molar-refractivity contribution in [3.05, 3.63) is 70.1 Å². The van der Waals surface area contributed by atoms with Crippen molar-refractivity contribution in [3.63, 3.8) is 0 Å². The molecule has 0 aliphatic carbocycles. The van der Waals surface area contributed by atoms with E-state index in [4.69, 9.17) is 0 Å². The number of rotatable bonds is 7. The van der Waals surface area contributed by atoms with Gasteiger partial charge in [-0.25, -0.2) is 13.1 Å². The van der Waals surface area contributed by atoms with Crippen LogP contribution in [0.4, 0.5) is 0 Å². The lowest BCUT2D eigenvalue weighted by atomic mass is 10.1. The first-order valence-electron chi connectivity index (χ1n) is 11.6. The van der Waals surface area contributed by atoms with Crippen molar-refractivity contribution in [2.45, 2.75) is 51.1 Å². The van der Waals surface area contributed by atoms with Gasteiger partial charge in [-0.1, -0.05) is 50.6 Å². The molecule has 0 spiro atoms. The largest absolute Gasteiger partial charge is 0.347 e. The summed E-state index contributed by atoms with van der Waals surface area (Å²) < 4.78 is 28.9. The van der Waals surface area contributed by atoms with Gasteiger partial charge in [-0.05, 0) is 42.5 Å². The molecule has 1 aliphatic heterocycles. The summed E-state index contributed by atoms with van der Waals surface area (Å²) in [6.07, 6.45) is 2.79. The molecule has 0 atom stereocenters. The molecule has 1 N–H and O–H groups in total. The van der Waals surface area contributed by atoms with Crippen LogP contribution >= 0.6 is 0 Å². The number of benzene rings is 2. The third kappa shape index (κ3) is 5.05. The molecule has 3 aromatic rings. The van der Waals surface area contributed by atoms with Gasteiger partial charge in [0, 0.05) is 31.6 Å². The molecule has 2 aromatic carbocycles. The first kappa shape index (κ1) is 24.1. The molecule has 1 aliphatic rings. The number of sulfonamides is 1. The lowest BCUT2D eigenvalue weighted by molar-refractivity contribution is 0.0945. The lowest BCUT2D eigenvalue weighted by Gasteiger charge is -2.26. The number of nitrogens with zero attached hydrogens (tertiary/aromatic N) is 3. The zero-order valence-electron chi connectivity index (χ0n) is 19.5. The summed E-state index contributed by atoms with van der Waals surface area (Å²) >= 11 is 0. The molecule has 2 heterocycles. The highest BCUT2D eigenvalue weighted by Gasteiger charge is 2.26. The van der Waals surface area contributed by atoms with Crippen molar-refractivity contribution in [2.24, 2.45) is 5.92 Å². The van der Waals surface area contributed by atoms with E-state index in [1.165, 1.54) is 8.99 Å². The Bertz CT molecular complexity index is 1360. The van der Waals surface area contributed by atoms with Gasteiger partial charge in [0.1, 0.15) is 0 Å². The standard InChI is InChI=1S/C25H30N4O4S/c1-18(2)17-29-25(31)22-12-5-4-11-21(22)23(27-29)24(30)26-16-19-9-8-10-20(15-19)34(32,33)28-13-6-3-7-14-28/h4-5,8-12,15,18H,3,6-7,13-14,16-17H2,1-2H3,(H,26,30). The van der Waals surface area contributed by atoms with Crippen molar-refractivity contribution in [1.29, 1.82) is 0 Å². The Morgan fingerprint density at radius 2 is 1.74 bits per heavy atom. The summed E-state index contributed by atoms with van der Waals surface area (Å²) in [5.41, 5.74) is 0.621. The Morgan fingerprint density at radius 1 is 1.03 bits per heavy atom. The van der Waals surface area contributed by atoms with E-state index in [0.717, 1.165) is 19.3 Å². The Kier molecular flexibility index (Phi) is 7.13. The fourth-order valence-corrected chi connectivity index (χ4v) is 5.80. The van der Waals surface area contributed by atoms with E-state index in [1.807, 2.05) is 13.8 Å². The number of aromatic nitrogens is 2. The van der Waals surface area contributed by atoms with E-state index in [-0.39, 0.29) is 28.6 Å². The second-order valence-electron chi connectivity index (χ2n) is 9.07. The van der Waals surface area contributed by atoms with Gasteiger partial charge in [0.2, 0.25) is 10.0 Å². The first-order chi connectivity index (χ1) is 16.3. The number of hydrogen-bond acceptors (Lipinski definition) is 5. The number of hydrogen-bond donors (Lipinski definition) is 1. The summed E-state index contributed by atoms with van der Waals surface area (Å²) in [5.74, 6) is -0.232. The molecule has 8 nitrogen and oxygen atoms in total. The fraction of sp³-hybridized carbons (Fsp3) is 0.400. The van der Waals surface area contributed by atoms with Crippen LogP contribution in [0.2, 0.25) is 0 Å². The second kappa shape index (κ2) is 10.1. The van der Waals surface area contributed by atoms with Gasteiger partial charge in [0.15, 0.2) is 5.69 Å². The Morgan fingerprint density at radius 3 is 2.44 bits per heavy atom. The van der Waals surface area contributed by atoms with Crippen LogP contribution in [0.1, 0.15) is 49.2 Å². The average Bonchev–Trinajstić information content (AvgIpc) is 2.85. The monoisotopic (exact) mass is 482 g/mol. The third-order valence-corrected chi connectivity index (χ3v) is 7.82. The van der Waals surface area contributed by atoms with Crippen LogP contribution in [0.25, 0.3) is 10.8 Å². The number of carbonyl (C=O) groups excluding carboxylic acids is 1. The van der Waals surface area contributed by atoms with Crippen LogP contribution in [0.5, 0.6) is 0 Å². The number of piperidine rings is 1. The normalized spacial score (nSPS) is 15.0. The molecule has 0 saturated carbocycles. The van der Waals surface area contributed by atoms with Crippen LogP contribution in [0, 0.1) is 5.92 Å². The highest BCUT2D eigenvalue weighted by atomic mass is 32.2. The highest BCUT2D eigenvalue weighted by Crippen LogP contribution is 2.21. The molecule has 4 rings (SSSR count). The van der Waals surface area contributed by atoms with E-state index >= 15 is 0 Å². The van der Waals surface area contributed by atoms with Crippen molar-refractivity contribution in [2.75, 3.05) is 13.1 Å². The fourth-order valence-electron chi connectivity index (χ4n) is 4.21. The molecule has 1 aromatic heterocycles. The maximum Gasteiger partial charge on any atom is 0.274 e. The number of nitrogens with one attached hydrogen (secondary N) is 1. The van der Waals surface area contributed by atoms with Gasteiger partial charge in [-0.2, -0.15) is 9.40 Å². The van der Waals surface area contributed by atoms with Crippen LogP contribution in [-0.4, -0.2) is 41.5 Å². The SMILES string of the molecule is CC(C)Cn1nc(C(=O)NCc2cccc(S(=O)(=O)N3CCCCC3)c2)c2ccccc2c1=O. The van der Waals surface area contributed by atoms with Gasteiger partial charge in [-0.15, -0.1) is 0 Å². The summed E-state index contributed by atoms with van der Waals surface area (Å²) in [7, 11) is -3.56. The zero-order chi connectivity index (χ0) is 24.3. The zero-order valence-corrected chi connectivity index (χ0v) is 20.3. The second-order valence-corrected chi connectivity index (χ2v) is 11.0. The van der Waals surface area contributed by atoms with E-state index in [1.54, 1.807) is 48.5 Å². The van der Waals surface area contributed by atoms with Crippen LogP contribution in [0.3, 0.4) is 0 Å². The van der Waals surface area contributed by atoms with Gasteiger partial charge in [-0.3, -0.25) is 9.59 Å². The molecule has 1 saturated heterocycles. The predicted octanol–water partition coefficient (Wildman–Crippen LogP) is 3.16. The van der Waals surface area contributed by atoms with Crippen molar-refractivity contribution < 1.29 is 13.2 Å². The summed E-state index contributed by atoms with van der Waals surface area (Å²) in [6.45, 7) is 5.58. The van der Waals surface area contributed by atoms with Gasteiger partial charge in [0.05, 0.1) is 10.3 Å². The van der Waals surface area contributed by atoms with Gasteiger partial charge < -0.3 is 5.32 Å². The number of amides is 1. The van der Waals surface area contributed by atoms with E-state index in [0.29, 0.717) is 36.0 Å². The predicted molar refractivity (Wildman–Crippen MR) is 131 cm³/mol. The first-order valence-corrected chi connectivity index (χ1v) is 13.1. The maximum atomic E-state index is 13.1. The summed E-state index contributed by atoms with van der Waals surface area (Å²) in [5, 5.41) is 8.14. The van der Waals surface area contributed by atoms with Crippen LogP contribution in [0.15, 0.2) is 58.2 Å². The van der Waals surface area contributed by atoms with Crippen LogP contribution in [-0.2, 0) is 23.1 Å². The minimum Gasteiger partial charge on any atom is -0.347 e.